The number of carbonyl (C=O) groups is 1. The van der Waals surface area contributed by atoms with E-state index < -0.39 is 0 Å². The van der Waals surface area contributed by atoms with E-state index in [-0.39, 0.29) is 18.0 Å². The van der Waals surface area contributed by atoms with Crippen LogP contribution in [0, 0.1) is 0 Å². The summed E-state index contributed by atoms with van der Waals surface area (Å²) in [6, 6.07) is 16.3. The van der Waals surface area contributed by atoms with Gasteiger partial charge in [0, 0.05) is 18.9 Å². The summed E-state index contributed by atoms with van der Waals surface area (Å²) in [6.07, 6.45) is 2.16. The second-order valence-corrected chi connectivity index (χ2v) is 7.09. The SMILES string of the molecule is COc1ccc([C@H]2CCC[NH+]2CC(=O)N[C@@H](C)c2ccccc2)c(OC)c1. The van der Waals surface area contributed by atoms with Crippen molar-refractivity contribution in [1.29, 1.82) is 0 Å². The molecule has 2 aromatic rings. The summed E-state index contributed by atoms with van der Waals surface area (Å²) in [7, 11) is 3.33. The third kappa shape index (κ3) is 4.61. The minimum absolute atomic E-state index is 0.00896. The first-order valence-electron chi connectivity index (χ1n) is 9.53. The summed E-state index contributed by atoms with van der Waals surface area (Å²) in [6.45, 7) is 3.49. The molecule has 1 aliphatic rings. The van der Waals surface area contributed by atoms with Crippen LogP contribution in [0.2, 0.25) is 0 Å². The summed E-state index contributed by atoms with van der Waals surface area (Å²) < 4.78 is 10.9. The third-order valence-electron chi connectivity index (χ3n) is 5.36. The van der Waals surface area contributed by atoms with E-state index in [1.807, 2.05) is 49.4 Å². The summed E-state index contributed by atoms with van der Waals surface area (Å²) in [4.78, 5) is 13.9. The fourth-order valence-electron chi connectivity index (χ4n) is 3.93. The number of hydrogen-bond donors (Lipinski definition) is 2. The number of nitrogens with one attached hydrogen (secondary N) is 2. The monoisotopic (exact) mass is 369 g/mol. The van der Waals surface area contributed by atoms with Gasteiger partial charge >= 0.3 is 0 Å². The highest BCUT2D eigenvalue weighted by Crippen LogP contribution is 2.31. The van der Waals surface area contributed by atoms with Gasteiger partial charge in [0.05, 0.1) is 32.4 Å². The molecule has 0 aliphatic carbocycles. The first kappa shape index (κ1) is 19.2. The number of quaternary nitrogens is 1. The van der Waals surface area contributed by atoms with Gasteiger partial charge in [0.1, 0.15) is 17.5 Å². The number of amides is 1. The van der Waals surface area contributed by atoms with Crippen LogP contribution in [0.25, 0.3) is 0 Å². The molecule has 0 bridgehead atoms. The van der Waals surface area contributed by atoms with E-state index >= 15 is 0 Å². The first-order valence-corrected chi connectivity index (χ1v) is 9.53. The molecule has 3 atom stereocenters. The molecule has 1 amide bonds. The van der Waals surface area contributed by atoms with Gasteiger partial charge in [0.25, 0.3) is 5.91 Å². The Kier molecular flexibility index (Phi) is 6.35. The van der Waals surface area contributed by atoms with Crippen molar-refractivity contribution in [3.63, 3.8) is 0 Å². The molecular weight excluding hydrogens is 340 g/mol. The van der Waals surface area contributed by atoms with Crippen molar-refractivity contribution in [3.05, 3.63) is 59.7 Å². The number of likely N-dealkylation sites (tertiary alicyclic amines) is 1. The van der Waals surface area contributed by atoms with Crippen LogP contribution >= 0.6 is 0 Å². The quantitative estimate of drug-likeness (QED) is 0.787. The summed E-state index contributed by atoms with van der Waals surface area (Å²) in [5.41, 5.74) is 2.27. The minimum atomic E-state index is 0.00896. The molecule has 144 valence electrons. The van der Waals surface area contributed by atoms with Crippen molar-refractivity contribution in [2.45, 2.75) is 31.8 Å². The van der Waals surface area contributed by atoms with Crippen LogP contribution in [0.1, 0.15) is 43.0 Å². The fourth-order valence-corrected chi connectivity index (χ4v) is 3.93. The average molecular weight is 369 g/mol. The molecule has 0 saturated carbocycles. The largest absolute Gasteiger partial charge is 0.497 e. The zero-order valence-electron chi connectivity index (χ0n) is 16.3. The normalized spacial score (nSPS) is 20.1. The van der Waals surface area contributed by atoms with E-state index in [1.54, 1.807) is 14.2 Å². The van der Waals surface area contributed by atoms with E-state index in [4.69, 9.17) is 9.47 Å². The Morgan fingerprint density at radius 1 is 1.19 bits per heavy atom. The molecule has 27 heavy (non-hydrogen) atoms. The van der Waals surface area contributed by atoms with Crippen molar-refractivity contribution < 1.29 is 19.2 Å². The lowest BCUT2D eigenvalue weighted by Crippen LogP contribution is -3.11. The molecule has 3 rings (SSSR count). The summed E-state index contributed by atoms with van der Waals surface area (Å²) in [5, 5.41) is 3.13. The maximum atomic E-state index is 12.6. The lowest BCUT2D eigenvalue weighted by molar-refractivity contribution is -0.910. The van der Waals surface area contributed by atoms with Gasteiger partial charge < -0.3 is 19.7 Å². The van der Waals surface area contributed by atoms with E-state index in [1.165, 1.54) is 4.90 Å². The van der Waals surface area contributed by atoms with Crippen LogP contribution in [0.5, 0.6) is 11.5 Å². The first-order chi connectivity index (χ1) is 13.1. The topological polar surface area (TPSA) is 52.0 Å². The molecule has 1 aliphatic heterocycles. The van der Waals surface area contributed by atoms with Gasteiger partial charge in [-0.15, -0.1) is 0 Å². The number of benzene rings is 2. The average Bonchev–Trinajstić information content (AvgIpc) is 3.15. The predicted molar refractivity (Wildman–Crippen MR) is 105 cm³/mol. The minimum Gasteiger partial charge on any atom is -0.497 e. The molecule has 2 N–H and O–H groups in total. The molecule has 2 aromatic carbocycles. The predicted octanol–water partition coefficient (Wildman–Crippen LogP) is 2.30. The number of ether oxygens (including phenoxy) is 2. The van der Waals surface area contributed by atoms with Crippen LogP contribution in [0.3, 0.4) is 0 Å². The second kappa shape index (κ2) is 8.91. The fraction of sp³-hybridized carbons (Fsp3) is 0.409. The Morgan fingerprint density at radius 3 is 2.67 bits per heavy atom. The highest BCUT2D eigenvalue weighted by molar-refractivity contribution is 5.77. The van der Waals surface area contributed by atoms with Gasteiger partial charge in [-0.25, -0.2) is 0 Å². The molecule has 0 radical (unpaired) electrons. The zero-order valence-corrected chi connectivity index (χ0v) is 16.3. The van der Waals surface area contributed by atoms with Crippen molar-refractivity contribution in [1.82, 2.24) is 5.32 Å². The van der Waals surface area contributed by atoms with Crippen LogP contribution in [0.15, 0.2) is 48.5 Å². The highest BCUT2D eigenvalue weighted by Gasteiger charge is 2.34. The molecule has 0 aromatic heterocycles. The summed E-state index contributed by atoms with van der Waals surface area (Å²) in [5.74, 6) is 1.70. The summed E-state index contributed by atoms with van der Waals surface area (Å²) >= 11 is 0. The molecule has 0 spiro atoms. The lowest BCUT2D eigenvalue weighted by Gasteiger charge is -2.24. The van der Waals surface area contributed by atoms with Gasteiger partial charge in [-0.2, -0.15) is 0 Å². The van der Waals surface area contributed by atoms with Crippen LogP contribution in [-0.2, 0) is 4.79 Å². The smallest absolute Gasteiger partial charge is 0.275 e. The second-order valence-electron chi connectivity index (χ2n) is 7.09. The third-order valence-corrected chi connectivity index (χ3v) is 5.36. The van der Waals surface area contributed by atoms with Crippen molar-refractivity contribution in [2.75, 3.05) is 27.3 Å². The van der Waals surface area contributed by atoms with Crippen LogP contribution < -0.4 is 19.7 Å². The van der Waals surface area contributed by atoms with E-state index in [2.05, 4.69) is 11.4 Å². The molecule has 1 fully saturated rings. The molecule has 5 nitrogen and oxygen atoms in total. The van der Waals surface area contributed by atoms with Gasteiger partial charge in [-0.3, -0.25) is 4.79 Å². The molecule has 1 heterocycles. The van der Waals surface area contributed by atoms with E-state index in [0.29, 0.717) is 6.54 Å². The van der Waals surface area contributed by atoms with Crippen molar-refractivity contribution in [3.8, 4) is 11.5 Å². The molecule has 1 saturated heterocycles. The number of hydrogen-bond acceptors (Lipinski definition) is 3. The van der Waals surface area contributed by atoms with Gasteiger partial charge in [-0.05, 0) is 24.6 Å². The molecule has 5 heteroatoms. The Morgan fingerprint density at radius 2 is 1.96 bits per heavy atom. The molecular formula is C22H29N2O3+. The van der Waals surface area contributed by atoms with Gasteiger partial charge in [0.2, 0.25) is 0 Å². The molecule has 1 unspecified atom stereocenters. The van der Waals surface area contributed by atoms with Crippen LogP contribution in [-0.4, -0.2) is 33.2 Å². The maximum absolute atomic E-state index is 12.6. The van der Waals surface area contributed by atoms with Crippen molar-refractivity contribution >= 4 is 5.91 Å². The maximum Gasteiger partial charge on any atom is 0.275 e. The Bertz CT molecular complexity index is 763. The Hall–Kier alpha value is -2.53. The Balaban J connectivity index is 1.67. The Labute approximate surface area is 161 Å². The lowest BCUT2D eigenvalue weighted by atomic mass is 10.0. The standard InChI is InChI=1S/C22H28N2O3/c1-16(17-8-5-4-6-9-17)23-22(25)15-24-13-7-10-20(24)19-12-11-18(26-2)14-21(19)27-3/h4-6,8-9,11-12,14,16,20H,7,10,13,15H2,1-3H3,(H,23,25)/p+1/t16-,20+/m0/s1. The van der Waals surface area contributed by atoms with Crippen molar-refractivity contribution in [2.24, 2.45) is 0 Å². The highest BCUT2D eigenvalue weighted by atomic mass is 16.5. The van der Waals surface area contributed by atoms with Gasteiger partial charge in [0.15, 0.2) is 6.54 Å². The number of rotatable bonds is 7. The van der Waals surface area contributed by atoms with Crippen LogP contribution in [0.4, 0.5) is 0 Å². The number of carbonyl (C=O) groups excluding carboxylic acids is 1. The zero-order chi connectivity index (χ0) is 19.2. The van der Waals surface area contributed by atoms with E-state index in [0.717, 1.165) is 42.0 Å². The van der Waals surface area contributed by atoms with E-state index in [9.17, 15) is 4.79 Å². The number of methoxy groups -OCH3 is 2. The van der Waals surface area contributed by atoms with Gasteiger partial charge in [-0.1, -0.05) is 30.3 Å².